The molecule has 2 nitrogen and oxygen atoms in total. The number of hydrogen-bond donors (Lipinski definition) is 1. The van der Waals surface area contributed by atoms with E-state index in [2.05, 4.69) is 5.32 Å². The summed E-state index contributed by atoms with van der Waals surface area (Å²) in [6.07, 6.45) is 4.62. The first-order chi connectivity index (χ1) is 7.81. The molecular weight excluding hydrogens is 205 g/mol. The first-order valence-corrected chi connectivity index (χ1v) is 6.00. The van der Waals surface area contributed by atoms with Gasteiger partial charge in [-0.2, -0.15) is 0 Å². The lowest BCUT2D eigenvalue weighted by Gasteiger charge is -2.15. The van der Waals surface area contributed by atoms with Crippen LogP contribution in [0.5, 0.6) is 5.75 Å². The summed E-state index contributed by atoms with van der Waals surface area (Å²) in [5, 5.41) is 3.47. The van der Waals surface area contributed by atoms with E-state index < -0.39 is 0 Å². The fourth-order valence-corrected chi connectivity index (χ4v) is 2.70. The first-order valence-electron chi connectivity index (χ1n) is 6.00. The summed E-state index contributed by atoms with van der Waals surface area (Å²) >= 11 is 0. The van der Waals surface area contributed by atoms with Crippen molar-refractivity contribution in [2.75, 3.05) is 6.54 Å². The van der Waals surface area contributed by atoms with Gasteiger partial charge in [0.2, 0.25) is 0 Å². The second-order valence-corrected chi connectivity index (χ2v) is 4.73. The highest BCUT2D eigenvalue weighted by Crippen LogP contribution is 2.31. The Labute approximate surface area is 94.8 Å². The van der Waals surface area contributed by atoms with Gasteiger partial charge in [0.1, 0.15) is 17.7 Å². The molecule has 1 aromatic carbocycles. The van der Waals surface area contributed by atoms with Gasteiger partial charge in [-0.25, -0.2) is 4.39 Å². The van der Waals surface area contributed by atoms with Crippen molar-refractivity contribution in [2.24, 2.45) is 0 Å². The van der Waals surface area contributed by atoms with Crippen molar-refractivity contribution < 1.29 is 9.13 Å². The molecule has 2 unspecified atom stereocenters. The molecule has 1 N–H and O–H groups in total. The van der Waals surface area contributed by atoms with E-state index in [0.29, 0.717) is 6.04 Å². The number of rotatable bonds is 2. The quantitative estimate of drug-likeness (QED) is 0.827. The Morgan fingerprint density at radius 1 is 1.44 bits per heavy atom. The molecule has 0 bridgehead atoms. The van der Waals surface area contributed by atoms with Crippen molar-refractivity contribution >= 4 is 0 Å². The highest BCUT2D eigenvalue weighted by atomic mass is 19.1. The molecule has 2 aliphatic heterocycles. The van der Waals surface area contributed by atoms with Gasteiger partial charge < -0.3 is 10.1 Å². The summed E-state index contributed by atoms with van der Waals surface area (Å²) in [4.78, 5) is 0. The lowest BCUT2D eigenvalue weighted by atomic mass is 10.0. The van der Waals surface area contributed by atoms with Crippen molar-refractivity contribution in [3.63, 3.8) is 0 Å². The van der Waals surface area contributed by atoms with Gasteiger partial charge in [-0.15, -0.1) is 0 Å². The molecule has 3 rings (SSSR count). The van der Waals surface area contributed by atoms with Gasteiger partial charge in [0, 0.05) is 18.0 Å². The van der Waals surface area contributed by atoms with Gasteiger partial charge >= 0.3 is 0 Å². The van der Waals surface area contributed by atoms with E-state index in [4.69, 9.17) is 4.74 Å². The van der Waals surface area contributed by atoms with E-state index in [-0.39, 0.29) is 11.9 Å². The number of hydrogen-bond acceptors (Lipinski definition) is 2. The van der Waals surface area contributed by atoms with Gasteiger partial charge in [-0.05, 0) is 44.0 Å². The summed E-state index contributed by atoms with van der Waals surface area (Å²) in [5.41, 5.74) is 1.02. The average molecular weight is 221 g/mol. The third-order valence-electron chi connectivity index (χ3n) is 3.47. The van der Waals surface area contributed by atoms with Crippen LogP contribution in [0, 0.1) is 5.82 Å². The van der Waals surface area contributed by atoms with Crippen LogP contribution in [-0.2, 0) is 6.42 Å². The fraction of sp³-hybridized carbons (Fsp3) is 0.538. The second kappa shape index (κ2) is 4.06. The number of fused-ring (bicyclic) bond motifs is 1. The van der Waals surface area contributed by atoms with Crippen molar-refractivity contribution in [1.29, 1.82) is 0 Å². The largest absolute Gasteiger partial charge is 0.490 e. The van der Waals surface area contributed by atoms with Crippen molar-refractivity contribution in [1.82, 2.24) is 5.32 Å². The molecule has 1 aromatic rings. The van der Waals surface area contributed by atoms with Gasteiger partial charge in [-0.3, -0.25) is 0 Å². The van der Waals surface area contributed by atoms with Crippen molar-refractivity contribution in [2.45, 2.75) is 37.8 Å². The minimum absolute atomic E-state index is 0.165. The van der Waals surface area contributed by atoms with Crippen LogP contribution in [0.25, 0.3) is 0 Å². The lowest BCUT2D eigenvalue weighted by molar-refractivity contribution is 0.206. The number of halogens is 1. The van der Waals surface area contributed by atoms with Gasteiger partial charge in [0.15, 0.2) is 0 Å². The Morgan fingerprint density at radius 2 is 2.38 bits per heavy atom. The summed E-state index contributed by atoms with van der Waals surface area (Å²) in [6.45, 7) is 1.12. The highest BCUT2D eigenvalue weighted by Gasteiger charge is 2.27. The van der Waals surface area contributed by atoms with Crippen LogP contribution in [0.15, 0.2) is 18.2 Å². The van der Waals surface area contributed by atoms with E-state index >= 15 is 0 Å². The third kappa shape index (κ3) is 1.92. The molecule has 2 heterocycles. The van der Waals surface area contributed by atoms with Crippen LogP contribution in [0.3, 0.4) is 0 Å². The molecule has 0 radical (unpaired) electrons. The highest BCUT2D eigenvalue weighted by molar-refractivity contribution is 5.37. The zero-order valence-electron chi connectivity index (χ0n) is 9.21. The summed E-state index contributed by atoms with van der Waals surface area (Å²) in [7, 11) is 0. The Bertz CT molecular complexity index is 388. The van der Waals surface area contributed by atoms with Crippen LogP contribution in [0.4, 0.5) is 4.39 Å². The van der Waals surface area contributed by atoms with E-state index in [1.807, 2.05) is 0 Å². The molecule has 1 saturated heterocycles. The molecule has 0 saturated carbocycles. The van der Waals surface area contributed by atoms with E-state index in [1.165, 1.54) is 18.9 Å². The standard InChI is InChI=1S/C13H16FNO/c14-10-3-4-13-9(6-10)7-12(16-13)8-11-2-1-5-15-11/h3-4,6,11-12,15H,1-2,5,7-8H2. The SMILES string of the molecule is Fc1ccc2c(c1)CC(CC1CCCN1)O2. The third-order valence-corrected chi connectivity index (χ3v) is 3.47. The Kier molecular flexibility index (Phi) is 2.56. The van der Waals surface area contributed by atoms with Crippen LogP contribution in [0.2, 0.25) is 0 Å². The fourth-order valence-electron chi connectivity index (χ4n) is 2.70. The molecule has 0 aliphatic carbocycles. The Balaban J connectivity index is 1.65. The number of benzene rings is 1. The molecule has 2 atom stereocenters. The molecule has 86 valence electrons. The van der Waals surface area contributed by atoms with Crippen LogP contribution >= 0.6 is 0 Å². The minimum Gasteiger partial charge on any atom is -0.490 e. The number of nitrogens with one attached hydrogen (secondary N) is 1. The lowest BCUT2D eigenvalue weighted by Crippen LogP contribution is -2.28. The minimum atomic E-state index is -0.165. The number of ether oxygens (including phenoxy) is 1. The average Bonchev–Trinajstić information content (AvgIpc) is 2.86. The zero-order valence-corrected chi connectivity index (χ0v) is 9.21. The maximum Gasteiger partial charge on any atom is 0.123 e. The normalized spacial score (nSPS) is 27.8. The van der Waals surface area contributed by atoms with Crippen molar-refractivity contribution in [3.05, 3.63) is 29.6 Å². The topological polar surface area (TPSA) is 21.3 Å². The monoisotopic (exact) mass is 221 g/mol. The zero-order chi connectivity index (χ0) is 11.0. The predicted molar refractivity (Wildman–Crippen MR) is 60.2 cm³/mol. The van der Waals surface area contributed by atoms with E-state index in [1.54, 1.807) is 12.1 Å². The van der Waals surface area contributed by atoms with Crippen LogP contribution in [0.1, 0.15) is 24.8 Å². The van der Waals surface area contributed by atoms with E-state index in [9.17, 15) is 4.39 Å². The van der Waals surface area contributed by atoms with Crippen LogP contribution in [-0.4, -0.2) is 18.7 Å². The van der Waals surface area contributed by atoms with Gasteiger partial charge in [-0.1, -0.05) is 0 Å². The summed E-state index contributed by atoms with van der Waals surface area (Å²) in [5.74, 6) is 0.700. The second-order valence-electron chi connectivity index (χ2n) is 4.73. The summed E-state index contributed by atoms with van der Waals surface area (Å²) in [6, 6.07) is 5.39. The maximum absolute atomic E-state index is 13.0. The van der Waals surface area contributed by atoms with Gasteiger partial charge in [0.05, 0.1) is 0 Å². The first kappa shape index (κ1) is 10.1. The molecule has 0 spiro atoms. The molecule has 1 fully saturated rings. The molecule has 0 amide bonds. The summed E-state index contributed by atoms with van der Waals surface area (Å²) < 4.78 is 18.8. The van der Waals surface area contributed by atoms with Crippen LogP contribution < -0.4 is 10.1 Å². The van der Waals surface area contributed by atoms with E-state index in [0.717, 1.165) is 30.7 Å². The molecular formula is C13H16FNO. The predicted octanol–water partition coefficient (Wildman–Crippen LogP) is 2.27. The Morgan fingerprint density at radius 3 is 3.19 bits per heavy atom. The maximum atomic E-state index is 13.0. The molecule has 16 heavy (non-hydrogen) atoms. The molecule has 0 aromatic heterocycles. The smallest absolute Gasteiger partial charge is 0.123 e. The van der Waals surface area contributed by atoms with Gasteiger partial charge in [0.25, 0.3) is 0 Å². The molecule has 3 heteroatoms. The van der Waals surface area contributed by atoms with Crippen molar-refractivity contribution in [3.8, 4) is 5.75 Å². The Hall–Kier alpha value is -1.09. The molecule has 2 aliphatic rings.